The molecule has 1 aliphatic carbocycles. The lowest BCUT2D eigenvalue weighted by molar-refractivity contribution is -0.125. The highest BCUT2D eigenvalue weighted by Gasteiger charge is 2.29. The molecule has 4 rings (SSSR count). The van der Waals surface area contributed by atoms with Gasteiger partial charge in [-0.1, -0.05) is 0 Å². The maximum absolute atomic E-state index is 12.9. The third-order valence-electron chi connectivity index (χ3n) is 5.91. The average molecular weight is 507 g/mol. The van der Waals surface area contributed by atoms with E-state index >= 15 is 0 Å². The summed E-state index contributed by atoms with van der Waals surface area (Å²) in [6, 6.07) is 6.72. The second-order valence-electron chi connectivity index (χ2n) is 8.38. The first kappa shape index (κ1) is 24.7. The zero-order valence-electron chi connectivity index (χ0n) is 18.9. The van der Waals surface area contributed by atoms with Crippen LogP contribution in [-0.4, -0.2) is 47.6 Å². The van der Waals surface area contributed by atoms with E-state index in [-0.39, 0.29) is 29.1 Å². The highest BCUT2D eigenvalue weighted by atomic mass is 32.1. The van der Waals surface area contributed by atoms with Gasteiger partial charge in [0.15, 0.2) is 0 Å². The number of benzene rings is 1. The van der Waals surface area contributed by atoms with Crippen molar-refractivity contribution in [1.29, 1.82) is 0 Å². The molecule has 2 heterocycles. The lowest BCUT2D eigenvalue weighted by atomic mass is 9.85. The van der Waals surface area contributed by atoms with E-state index < -0.39 is 18.6 Å². The summed E-state index contributed by atoms with van der Waals surface area (Å²) < 4.78 is 39.7. The van der Waals surface area contributed by atoms with E-state index in [1.807, 2.05) is 12.1 Å². The summed E-state index contributed by atoms with van der Waals surface area (Å²) >= 11 is 1.47. The summed E-state index contributed by atoms with van der Waals surface area (Å²) in [6.45, 7) is -1.29. The Bertz CT molecular complexity index is 1210. The Kier molecular flexibility index (Phi) is 7.39. The number of anilines is 3. The number of amides is 2. The molecular weight excluding hydrogens is 481 g/mol. The van der Waals surface area contributed by atoms with Gasteiger partial charge in [0.05, 0.1) is 27.0 Å². The fourth-order valence-electron chi connectivity index (χ4n) is 4.09. The maximum Gasteiger partial charge on any atom is 0.405 e. The average Bonchev–Trinajstić information content (AvgIpc) is 3.30. The van der Waals surface area contributed by atoms with Crippen molar-refractivity contribution in [2.45, 2.75) is 37.9 Å². The molecule has 12 heteroatoms. The number of fused-ring (bicyclic) bond motifs is 1. The van der Waals surface area contributed by atoms with Crippen molar-refractivity contribution in [2.24, 2.45) is 5.92 Å². The number of alkyl halides is 3. The van der Waals surface area contributed by atoms with Crippen molar-refractivity contribution in [2.75, 3.05) is 24.2 Å². The number of hydrogen-bond donors (Lipinski definition) is 4. The molecule has 35 heavy (non-hydrogen) atoms. The SMILES string of the molecule is CNC(=O)C1CCC(NC(=O)c2cnc(Nc3ccc4ncsc4c3)cc2NCC(F)(F)F)CC1. The third kappa shape index (κ3) is 6.38. The first-order valence-corrected chi connectivity index (χ1v) is 12.0. The van der Waals surface area contributed by atoms with Crippen LogP contribution >= 0.6 is 11.3 Å². The van der Waals surface area contributed by atoms with Gasteiger partial charge in [-0.15, -0.1) is 11.3 Å². The summed E-state index contributed by atoms with van der Waals surface area (Å²) in [4.78, 5) is 33.2. The number of rotatable bonds is 7. The molecule has 0 radical (unpaired) electrons. The molecule has 1 aliphatic rings. The van der Waals surface area contributed by atoms with Gasteiger partial charge < -0.3 is 21.3 Å². The minimum atomic E-state index is -4.46. The van der Waals surface area contributed by atoms with Crippen LogP contribution in [0.5, 0.6) is 0 Å². The molecule has 1 aromatic carbocycles. The second kappa shape index (κ2) is 10.5. The van der Waals surface area contributed by atoms with E-state index in [1.165, 1.54) is 23.6 Å². The van der Waals surface area contributed by atoms with E-state index in [2.05, 4.69) is 31.2 Å². The van der Waals surface area contributed by atoms with Crippen molar-refractivity contribution < 1.29 is 22.8 Å². The number of thiazole rings is 1. The largest absolute Gasteiger partial charge is 0.405 e. The zero-order valence-corrected chi connectivity index (χ0v) is 19.7. The fraction of sp³-hybridized carbons (Fsp3) is 0.391. The van der Waals surface area contributed by atoms with Crippen LogP contribution in [0.2, 0.25) is 0 Å². The Morgan fingerprint density at radius 3 is 2.60 bits per heavy atom. The van der Waals surface area contributed by atoms with Gasteiger partial charge in [-0.2, -0.15) is 13.2 Å². The molecule has 1 fully saturated rings. The van der Waals surface area contributed by atoms with Crippen molar-refractivity contribution in [1.82, 2.24) is 20.6 Å². The minimum absolute atomic E-state index is 0.0183. The van der Waals surface area contributed by atoms with Gasteiger partial charge in [0.25, 0.3) is 5.91 Å². The van der Waals surface area contributed by atoms with Gasteiger partial charge >= 0.3 is 6.18 Å². The molecule has 0 bridgehead atoms. The predicted molar refractivity (Wildman–Crippen MR) is 129 cm³/mol. The number of hydrogen-bond acceptors (Lipinski definition) is 7. The van der Waals surface area contributed by atoms with Crippen LogP contribution in [0.3, 0.4) is 0 Å². The molecule has 4 N–H and O–H groups in total. The first-order chi connectivity index (χ1) is 16.7. The van der Waals surface area contributed by atoms with Crippen LogP contribution in [0.25, 0.3) is 10.2 Å². The van der Waals surface area contributed by atoms with Crippen LogP contribution in [0.4, 0.5) is 30.4 Å². The standard InChI is InChI=1S/C23H25F3N6O2S/c1-27-21(33)13-2-4-14(5-3-13)32-22(34)16-10-28-20(9-18(16)29-11-23(24,25)26)31-15-6-7-17-19(8-15)35-12-30-17/h6-10,12-14H,2-5,11H2,1H3,(H,27,33)(H,32,34)(H2,28,29,31). The van der Waals surface area contributed by atoms with Gasteiger partial charge in [-0.05, 0) is 43.9 Å². The third-order valence-corrected chi connectivity index (χ3v) is 6.70. The topological polar surface area (TPSA) is 108 Å². The number of nitrogens with one attached hydrogen (secondary N) is 4. The molecule has 2 amide bonds. The quantitative estimate of drug-likeness (QED) is 0.377. The van der Waals surface area contributed by atoms with E-state index in [9.17, 15) is 22.8 Å². The molecule has 0 atom stereocenters. The van der Waals surface area contributed by atoms with Gasteiger partial charge in [-0.3, -0.25) is 9.59 Å². The molecule has 2 aromatic heterocycles. The van der Waals surface area contributed by atoms with Crippen molar-refractivity contribution in [3.05, 3.63) is 41.5 Å². The van der Waals surface area contributed by atoms with Crippen molar-refractivity contribution >= 4 is 50.6 Å². The van der Waals surface area contributed by atoms with Crippen LogP contribution < -0.4 is 21.3 Å². The lowest BCUT2D eigenvalue weighted by Gasteiger charge is -2.28. The van der Waals surface area contributed by atoms with Crippen LogP contribution in [-0.2, 0) is 4.79 Å². The molecule has 0 saturated heterocycles. The number of pyridine rings is 1. The summed E-state index contributed by atoms with van der Waals surface area (Å²) in [7, 11) is 1.59. The van der Waals surface area contributed by atoms with Crippen molar-refractivity contribution in [3.8, 4) is 0 Å². The maximum atomic E-state index is 12.9. The smallest absolute Gasteiger partial charge is 0.376 e. The second-order valence-corrected chi connectivity index (χ2v) is 9.27. The van der Waals surface area contributed by atoms with E-state index in [0.717, 1.165) is 10.2 Å². The summed E-state index contributed by atoms with van der Waals surface area (Å²) in [6.07, 6.45) is -0.702. The predicted octanol–water partition coefficient (Wildman–Crippen LogP) is 4.44. The lowest BCUT2D eigenvalue weighted by Crippen LogP contribution is -2.40. The van der Waals surface area contributed by atoms with Crippen molar-refractivity contribution in [3.63, 3.8) is 0 Å². The van der Waals surface area contributed by atoms with Gasteiger partial charge in [-0.25, -0.2) is 9.97 Å². The molecule has 8 nitrogen and oxygen atoms in total. The molecule has 0 unspecified atom stereocenters. The van der Waals surface area contributed by atoms with E-state index in [4.69, 9.17) is 0 Å². The Balaban J connectivity index is 1.49. The minimum Gasteiger partial charge on any atom is -0.376 e. The molecule has 186 valence electrons. The van der Waals surface area contributed by atoms with Gasteiger partial charge in [0, 0.05) is 37.0 Å². The zero-order chi connectivity index (χ0) is 25.0. The highest BCUT2D eigenvalue weighted by molar-refractivity contribution is 7.16. The highest BCUT2D eigenvalue weighted by Crippen LogP contribution is 2.28. The summed E-state index contributed by atoms with van der Waals surface area (Å²) in [5.41, 5.74) is 3.31. The van der Waals surface area contributed by atoms with Crippen LogP contribution in [0.1, 0.15) is 36.0 Å². The molecule has 3 aromatic rings. The number of carbonyl (C=O) groups is 2. The Hall–Kier alpha value is -3.41. The molecule has 0 spiro atoms. The molecular formula is C23H25F3N6O2S. The monoisotopic (exact) mass is 506 g/mol. The normalized spacial score (nSPS) is 18.2. The van der Waals surface area contributed by atoms with Gasteiger partial charge in [0.1, 0.15) is 12.4 Å². The Morgan fingerprint density at radius 1 is 1.11 bits per heavy atom. The first-order valence-electron chi connectivity index (χ1n) is 11.2. The van der Waals surface area contributed by atoms with Crippen LogP contribution in [0.15, 0.2) is 36.0 Å². The van der Waals surface area contributed by atoms with Crippen LogP contribution in [0, 0.1) is 5.92 Å². The van der Waals surface area contributed by atoms with Gasteiger partial charge in [0.2, 0.25) is 5.91 Å². The Labute approximate surface area is 203 Å². The number of carbonyl (C=O) groups excluding carboxylic acids is 2. The molecule has 0 aliphatic heterocycles. The molecule has 1 saturated carbocycles. The Morgan fingerprint density at radius 2 is 1.89 bits per heavy atom. The summed E-state index contributed by atoms with van der Waals surface area (Å²) in [5, 5.41) is 10.9. The van der Waals surface area contributed by atoms with E-state index in [0.29, 0.717) is 37.2 Å². The fourth-order valence-corrected chi connectivity index (χ4v) is 4.81. The summed E-state index contributed by atoms with van der Waals surface area (Å²) in [5.74, 6) is -0.326. The number of aromatic nitrogens is 2. The van der Waals surface area contributed by atoms with E-state index in [1.54, 1.807) is 18.6 Å². The number of halogens is 3. The number of nitrogens with zero attached hydrogens (tertiary/aromatic N) is 2.